The maximum atomic E-state index is 14.0. The number of esters is 1. The molecule has 2 aromatic carbocycles. The van der Waals surface area contributed by atoms with E-state index in [1.807, 2.05) is 0 Å². The molecule has 11 nitrogen and oxygen atoms in total. The number of non-ortho nitro benzene ring substituents is 1. The Morgan fingerprint density at radius 2 is 1.98 bits per heavy atom. The summed E-state index contributed by atoms with van der Waals surface area (Å²) in [7, 11) is 2.90. The number of carbonyl (C=O) groups is 1. The van der Waals surface area contributed by atoms with Crippen molar-refractivity contribution in [2.24, 2.45) is 4.99 Å². The van der Waals surface area contributed by atoms with Gasteiger partial charge >= 0.3 is 5.97 Å². The van der Waals surface area contributed by atoms with Gasteiger partial charge in [-0.25, -0.2) is 9.79 Å². The Labute approximate surface area is 246 Å². The predicted octanol–water partition coefficient (Wildman–Crippen LogP) is 4.05. The van der Waals surface area contributed by atoms with Crippen molar-refractivity contribution in [2.75, 3.05) is 27.4 Å². The van der Waals surface area contributed by atoms with Gasteiger partial charge in [-0.15, -0.1) is 0 Å². The van der Waals surface area contributed by atoms with E-state index in [9.17, 15) is 19.7 Å². The van der Waals surface area contributed by atoms with Gasteiger partial charge in [-0.2, -0.15) is 0 Å². The lowest BCUT2D eigenvalue weighted by Gasteiger charge is -2.25. The van der Waals surface area contributed by atoms with Crippen LogP contribution in [-0.2, 0) is 9.53 Å². The van der Waals surface area contributed by atoms with Crippen molar-refractivity contribution in [1.29, 1.82) is 0 Å². The minimum absolute atomic E-state index is 0.102. The molecule has 0 N–H and O–H groups in total. The second-order valence-electron chi connectivity index (χ2n) is 8.62. The number of rotatable bonds is 10. The second kappa shape index (κ2) is 12.5. The molecule has 2 heterocycles. The summed E-state index contributed by atoms with van der Waals surface area (Å²) in [5.74, 6) is 0.319. The monoisotopic (exact) mass is 643 g/mol. The Morgan fingerprint density at radius 3 is 2.59 bits per heavy atom. The fraction of sp³-hybridized carbons (Fsp3) is 0.250. The summed E-state index contributed by atoms with van der Waals surface area (Å²) < 4.78 is 24.1. The van der Waals surface area contributed by atoms with Gasteiger partial charge in [0.15, 0.2) is 16.3 Å². The number of methoxy groups -OCH3 is 2. The third-order valence-corrected chi connectivity index (χ3v) is 7.74. The molecule has 0 aliphatic carbocycles. The maximum Gasteiger partial charge on any atom is 0.338 e. The highest BCUT2D eigenvalue weighted by Gasteiger charge is 2.34. The number of aromatic nitrogens is 1. The molecule has 0 amide bonds. The van der Waals surface area contributed by atoms with E-state index in [1.165, 1.54) is 43.1 Å². The van der Waals surface area contributed by atoms with Crippen LogP contribution in [0.3, 0.4) is 0 Å². The number of benzene rings is 2. The lowest BCUT2D eigenvalue weighted by Crippen LogP contribution is -2.40. The Balaban J connectivity index is 2.01. The molecule has 0 fully saturated rings. The van der Waals surface area contributed by atoms with Gasteiger partial charge in [-0.05, 0) is 53.5 Å². The smallest absolute Gasteiger partial charge is 0.338 e. The summed E-state index contributed by atoms with van der Waals surface area (Å²) >= 11 is 4.56. The van der Waals surface area contributed by atoms with Crippen LogP contribution in [0.25, 0.3) is 6.08 Å². The van der Waals surface area contributed by atoms with E-state index < -0.39 is 22.5 Å². The first-order valence-corrected chi connectivity index (χ1v) is 13.9. The summed E-state index contributed by atoms with van der Waals surface area (Å²) in [4.78, 5) is 43.1. The van der Waals surface area contributed by atoms with E-state index in [-0.39, 0.29) is 46.1 Å². The van der Waals surface area contributed by atoms with E-state index in [4.69, 9.17) is 18.9 Å². The van der Waals surface area contributed by atoms with Crippen LogP contribution >= 0.6 is 27.3 Å². The number of hydrogen-bond acceptors (Lipinski definition) is 10. The second-order valence-corrected chi connectivity index (χ2v) is 10.5. The number of nitro benzene ring substituents is 1. The molecule has 1 atom stereocenters. The highest BCUT2D eigenvalue weighted by Crippen LogP contribution is 2.37. The molecule has 0 bridgehead atoms. The minimum atomic E-state index is -0.856. The Bertz CT molecular complexity index is 1760. The Morgan fingerprint density at radius 1 is 1.24 bits per heavy atom. The molecule has 13 heteroatoms. The molecule has 3 aromatic rings. The van der Waals surface area contributed by atoms with Crippen molar-refractivity contribution >= 4 is 45.0 Å². The van der Waals surface area contributed by atoms with E-state index in [2.05, 4.69) is 27.5 Å². The third-order valence-electron chi connectivity index (χ3n) is 6.14. The zero-order valence-electron chi connectivity index (χ0n) is 22.6. The number of allylic oxidation sites excluding steroid dienone is 1. The molecule has 1 aromatic heterocycles. The topological polar surface area (TPSA) is 131 Å². The number of ether oxygens (including phenoxy) is 4. The summed E-state index contributed by atoms with van der Waals surface area (Å²) in [5.41, 5.74) is 0.798. The number of halogens is 1. The van der Waals surface area contributed by atoms with Gasteiger partial charge < -0.3 is 18.9 Å². The first-order valence-electron chi connectivity index (χ1n) is 12.3. The number of hydrogen-bond donors (Lipinski definition) is 0. The highest BCUT2D eigenvalue weighted by molar-refractivity contribution is 9.10. The third kappa shape index (κ3) is 5.81. The minimum Gasteiger partial charge on any atom is -0.496 e. The molecular formula is C28H26BrN3O8S. The van der Waals surface area contributed by atoms with Gasteiger partial charge in [0.25, 0.3) is 11.2 Å². The average molecular weight is 645 g/mol. The van der Waals surface area contributed by atoms with Crippen molar-refractivity contribution in [2.45, 2.75) is 19.9 Å². The number of thiazole rings is 1. The normalized spacial score (nSPS) is 14.7. The van der Waals surface area contributed by atoms with Gasteiger partial charge in [-0.3, -0.25) is 19.5 Å². The first kappa shape index (κ1) is 29.7. The Kier molecular flexibility index (Phi) is 9.08. The SMILES string of the molecule is C=CCOc1c(/C=c2\sc3n(c2=O)[C@@H](c2ccc(OC)c(Br)c2)C(C(=O)OCC)=C(C)N=3)cc([N+](=O)[O-])cc1OC. The fourth-order valence-electron chi connectivity index (χ4n) is 4.37. The van der Waals surface area contributed by atoms with Crippen LogP contribution < -0.4 is 29.1 Å². The van der Waals surface area contributed by atoms with Gasteiger partial charge in [0.2, 0.25) is 0 Å². The van der Waals surface area contributed by atoms with E-state index in [0.717, 1.165) is 11.3 Å². The molecular weight excluding hydrogens is 618 g/mol. The van der Waals surface area contributed by atoms with Crippen LogP contribution in [0.2, 0.25) is 0 Å². The maximum absolute atomic E-state index is 14.0. The molecule has 0 saturated carbocycles. The van der Waals surface area contributed by atoms with Gasteiger partial charge in [-0.1, -0.05) is 30.1 Å². The van der Waals surface area contributed by atoms with Gasteiger partial charge in [0.05, 0.1) is 58.1 Å². The van der Waals surface area contributed by atoms with Crippen LogP contribution in [0.4, 0.5) is 5.69 Å². The van der Waals surface area contributed by atoms with Crippen LogP contribution in [-0.4, -0.2) is 42.9 Å². The van der Waals surface area contributed by atoms with E-state index in [0.29, 0.717) is 26.3 Å². The lowest BCUT2D eigenvalue weighted by molar-refractivity contribution is -0.385. The van der Waals surface area contributed by atoms with Crippen molar-refractivity contribution in [3.63, 3.8) is 0 Å². The molecule has 0 unspecified atom stereocenters. The van der Waals surface area contributed by atoms with Gasteiger partial charge in [0.1, 0.15) is 12.4 Å². The number of carbonyl (C=O) groups excluding carboxylic acids is 1. The van der Waals surface area contributed by atoms with Crippen molar-refractivity contribution in [3.05, 3.63) is 99.7 Å². The molecule has 1 aliphatic heterocycles. The zero-order chi connectivity index (χ0) is 29.8. The lowest BCUT2D eigenvalue weighted by atomic mass is 9.96. The van der Waals surface area contributed by atoms with Crippen LogP contribution in [0.1, 0.15) is 31.0 Å². The molecule has 0 spiro atoms. The van der Waals surface area contributed by atoms with E-state index in [1.54, 1.807) is 32.0 Å². The number of nitrogens with zero attached hydrogens (tertiary/aromatic N) is 3. The highest BCUT2D eigenvalue weighted by atomic mass is 79.9. The number of nitro groups is 1. The van der Waals surface area contributed by atoms with Crippen molar-refractivity contribution in [3.8, 4) is 17.2 Å². The summed E-state index contributed by atoms with van der Waals surface area (Å²) in [5, 5.41) is 11.6. The van der Waals surface area contributed by atoms with Crippen LogP contribution in [0.5, 0.6) is 17.2 Å². The first-order chi connectivity index (χ1) is 19.6. The Hall–Kier alpha value is -4.23. The molecule has 214 valence electrons. The molecule has 41 heavy (non-hydrogen) atoms. The van der Waals surface area contributed by atoms with Crippen LogP contribution in [0.15, 0.2) is 68.5 Å². The largest absolute Gasteiger partial charge is 0.496 e. The summed E-state index contributed by atoms with van der Waals surface area (Å²) in [6.07, 6.45) is 3.01. The number of fused-ring (bicyclic) bond motifs is 1. The predicted molar refractivity (Wildman–Crippen MR) is 156 cm³/mol. The standard InChI is InChI=1S/C28H26BrN3O8S/c1-6-10-40-25-17(11-18(32(35)36)14-21(25)38-5)13-22-26(33)31-24(16-8-9-20(37-4)19(29)12-16)23(27(34)39-7-2)15(3)30-28(31)41-22/h6,8-9,11-14,24H,1,7,10H2,2-5H3/b22-13-/t24-/m0/s1. The molecule has 0 saturated heterocycles. The van der Waals surface area contributed by atoms with Gasteiger partial charge in [0, 0.05) is 11.6 Å². The fourth-order valence-corrected chi connectivity index (χ4v) is 5.97. The molecule has 0 radical (unpaired) electrons. The average Bonchev–Trinajstić information content (AvgIpc) is 3.24. The van der Waals surface area contributed by atoms with E-state index >= 15 is 0 Å². The van der Waals surface area contributed by atoms with Crippen molar-refractivity contribution in [1.82, 2.24) is 4.57 Å². The zero-order valence-corrected chi connectivity index (χ0v) is 25.0. The molecule has 4 rings (SSSR count). The quantitative estimate of drug-likeness (QED) is 0.140. The summed E-state index contributed by atoms with van der Waals surface area (Å²) in [6.45, 7) is 7.26. The summed E-state index contributed by atoms with van der Waals surface area (Å²) in [6, 6.07) is 6.94. The van der Waals surface area contributed by atoms with Crippen LogP contribution in [0, 0.1) is 10.1 Å². The molecule has 1 aliphatic rings. The van der Waals surface area contributed by atoms with Crippen molar-refractivity contribution < 1.29 is 28.7 Å².